The Morgan fingerprint density at radius 3 is 2.44 bits per heavy atom. The van der Waals surface area contributed by atoms with Crippen LogP contribution >= 0.6 is 12.6 Å². The lowest BCUT2D eigenvalue weighted by Gasteiger charge is -2.24. The molecule has 6 heteroatoms. The molecule has 0 saturated carbocycles. The van der Waals surface area contributed by atoms with E-state index in [2.05, 4.69) is 17.9 Å². The Morgan fingerprint density at radius 1 is 0.963 bits per heavy atom. The predicted molar refractivity (Wildman–Crippen MR) is 114 cm³/mol. The number of nitrogens with zero attached hydrogens (tertiary/aromatic N) is 1. The zero-order valence-corrected chi connectivity index (χ0v) is 16.5. The van der Waals surface area contributed by atoms with Gasteiger partial charge in [0.2, 0.25) is 10.0 Å². The molecule has 1 saturated heterocycles. The molecule has 140 valence electrons. The minimum atomic E-state index is -3.57. The van der Waals surface area contributed by atoms with E-state index < -0.39 is 10.0 Å². The summed E-state index contributed by atoms with van der Waals surface area (Å²) in [7, 11) is -3.57. The molecule has 1 N–H and O–H groups in total. The van der Waals surface area contributed by atoms with Gasteiger partial charge in [-0.2, -0.15) is 16.9 Å². The summed E-state index contributed by atoms with van der Waals surface area (Å²) in [5.74, 6) is 0. The molecule has 1 heterocycles. The maximum atomic E-state index is 13.3. The van der Waals surface area contributed by atoms with E-state index in [0.29, 0.717) is 18.0 Å². The zero-order chi connectivity index (χ0) is 18.9. The van der Waals surface area contributed by atoms with Gasteiger partial charge >= 0.3 is 0 Å². The van der Waals surface area contributed by atoms with E-state index >= 15 is 0 Å². The van der Waals surface area contributed by atoms with Crippen molar-refractivity contribution >= 4 is 39.1 Å². The lowest BCUT2D eigenvalue weighted by Crippen LogP contribution is -2.39. The molecule has 1 aliphatic heterocycles. The normalized spacial score (nSPS) is 20.8. The fourth-order valence-electron chi connectivity index (χ4n) is 3.60. The highest BCUT2D eigenvalue weighted by atomic mass is 32.2. The van der Waals surface area contributed by atoms with Crippen LogP contribution in [0.1, 0.15) is 6.42 Å². The second-order valence-corrected chi connectivity index (χ2v) is 9.49. The molecule has 0 radical (unpaired) electrons. The molecule has 0 spiro atoms. The molecule has 1 fully saturated rings. The maximum Gasteiger partial charge on any atom is 0.243 e. The third-order valence-corrected chi connectivity index (χ3v) is 7.27. The third kappa shape index (κ3) is 3.83. The number of nitrogens with one attached hydrogen (secondary N) is 1. The van der Waals surface area contributed by atoms with Gasteiger partial charge in [-0.1, -0.05) is 48.5 Å². The van der Waals surface area contributed by atoms with E-state index in [1.54, 1.807) is 16.4 Å². The first kappa shape index (κ1) is 18.3. The van der Waals surface area contributed by atoms with Crippen molar-refractivity contribution in [2.24, 2.45) is 0 Å². The third-order valence-electron chi connectivity index (χ3n) is 4.99. The highest BCUT2D eigenvalue weighted by Gasteiger charge is 2.38. The minimum Gasteiger partial charge on any atom is -0.383 e. The monoisotopic (exact) mass is 398 g/mol. The largest absolute Gasteiger partial charge is 0.383 e. The Kier molecular flexibility index (Phi) is 5.12. The minimum absolute atomic E-state index is 0.0443. The summed E-state index contributed by atoms with van der Waals surface area (Å²) in [6, 6.07) is 22.8. The Hall–Kier alpha value is -2.02. The first-order valence-corrected chi connectivity index (χ1v) is 11.0. The average molecular weight is 399 g/mol. The molecule has 0 amide bonds. The first-order chi connectivity index (χ1) is 13.0. The summed E-state index contributed by atoms with van der Waals surface area (Å²) in [5.41, 5.74) is 0.989. The first-order valence-electron chi connectivity index (χ1n) is 9.02. The van der Waals surface area contributed by atoms with Crippen LogP contribution in [-0.2, 0) is 10.0 Å². The van der Waals surface area contributed by atoms with E-state index in [4.69, 9.17) is 0 Å². The summed E-state index contributed by atoms with van der Waals surface area (Å²) < 4.78 is 28.2. The van der Waals surface area contributed by atoms with Crippen molar-refractivity contribution in [1.29, 1.82) is 0 Å². The second kappa shape index (κ2) is 7.54. The van der Waals surface area contributed by atoms with Gasteiger partial charge in [0.05, 0.1) is 4.90 Å². The Labute approximate surface area is 165 Å². The van der Waals surface area contributed by atoms with E-state index in [1.165, 1.54) is 0 Å². The van der Waals surface area contributed by atoms with Crippen molar-refractivity contribution in [3.05, 3.63) is 72.8 Å². The molecule has 2 atom stereocenters. The number of benzene rings is 3. The van der Waals surface area contributed by atoms with Crippen LogP contribution in [0.25, 0.3) is 10.8 Å². The highest BCUT2D eigenvalue weighted by Crippen LogP contribution is 2.30. The molecule has 3 aromatic carbocycles. The summed E-state index contributed by atoms with van der Waals surface area (Å²) in [4.78, 5) is 0.341. The van der Waals surface area contributed by atoms with Crippen LogP contribution in [0.3, 0.4) is 0 Å². The Bertz CT molecular complexity index is 1040. The number of fused-ring (bicyclic) bond motifs is 1. The molecule has 4 nitrogen and oxygen atoms in total. The molecule has 3 aromatic rings. The van der Waals surface area contributed by atoms with Crippen molar-refractivity contribution in [3.8, 4) is 0 Å². The van der Waals surface area contributed by atoms with Crippen molar-refractivity contribution in [1.82, 2.24) is 4.31 Å². The zero-order valence-electron chi connectivity index (χ0n) is 14.8. The van der Waals surface area contributed by atoms with Gasteiger partial charge in [-0.05, 0) is 41.5 Å². The van der Waals surface area contributed by atoms with Crippen molar-refractivity contribution in [2.75, 3.05) is 18.4 Å². The van der Waals surface area contributed by atoms with E-state index in [-0.39, 0.29) is 11.3 Å². The van der Waals surface area contributed by atoms with Crippen LogP contribution in [0.15, 0.2) is 77.7 Å². The Balaban J connectivity index is 1.59. The van der Waals surface area contributed by atoms with Crippen LogP contribution in [0.2, 0.25) is 0 Å². The standard InChI is InChI=1S/C21H22N2O2S2/c24-27(25,21-11-10-16-6-4-5-7-17(16)12-21)23-15-20(26)13-19(23)14-22-18-8-2-1-3-9-18/h1-12,19-20,22,26H,13-15H2. The predicted octanol–water partition coefficient (Wildman–Crippen LogP) is 4.01. The molecule has 27 heavy (non-hydrogen) atoms. The van der Waals surface area contributed by atoms with Crippen molar-refractivity contribution < 1.29 is 8.42 Å². The van der Waals surface area contributed by atoms with Crippen LogP contribution < -0.4 is 5.32 Å². The van der Waals surface area contributed by atoms with Crippen LogP contribution in [0, 0.1) is 0 Å². The summed E-state index contributed by atoms with van der Waals surface area (Å²) in [5, 5.41) is 5.36. The number of para-hydroxylation sites is 1. The van der Waals surface area contributed by atoms with Gasteiger partial charge in [0, 0.05) is 30.1 Å². The molecule has 0 aliphatic carbocycles. The SMILES string of the molecule is O=S(=O)(c1ccc2ccccc2c1)N1CC(S)CC1CNc1ccccc1. The number of sulfonamides is 1. The number of thiol groups is 1. The number of rotatable bonds is 5. The highest BCUT2D eigenvalue weighted by molar-refractivity contribution is 7.89. The molecular formula is C21H22N2O2S2. The topological polar surface area (TPSA) is 49.4 Å². The molecular weight excluding hydrogens is 376 g/mol. The van der Waals surface area contributed by atoms with Gasteiger partial charge in [0.15, 0.2) is 0 Å². The van der Waals surface area contributed by atoms with Crippen molar-refractivity contribution in [3.63, 3.8) is 0 Å². The maximum absolute atomic E-state index is 13.3. The van der Waals surface area contributed by atoms with Crippen LogP contribution in [-0.4, -0.2) is 37.1 Å². The van der Waals surface area contributed by atoms with Gasteiger partial charge in [-0.3, -0.25) is 0 Å². The lowest BCUT2D eigenvalue weighted by atomic mass is 10.1. The molecule has 4 rings (SSSR count). The number of hydrogen-bond acceptors (Lipinski definition) is 4. The summed E-state index contributed by atoms with van der Waals surface area (Å²) in [6.07, 6.45) is 0.732. The lowest BCUT2D eigenvalue weighted by molar-refractivity contribution is 0.399. The van der Waals surface area contributed by atoms with E-state index in [0.717, 1.165) is 22.9 Å². The van der Waals surface area contributed by atoms with E-state index in [9.17, 15) is 8.42 Å². The Morgan fingerprint density at radius 2 is 1.67 bits per heavy atom. The van der Waals surface area contributed by atoms with Gasteiger partial charge < -0.3 is 5.32 Å². The smallest absolute Gasteiger partial charge is 0.243 e. The average Bonchev–Trinajstić information content (AvgIpc) is 3.08. The van der Waals surface area contributed by atoms with Gasteiger partial charge in [-0.25, -0.2) is 8.42 Å². The molecule has 2 unspecified atom stereocenters. The van der Waals surface area contributed by atoms with E-state index in [1.807, 2.05) is 60.7 Å². The second-order valence-electron chi connectivity index (χ2n) is 6.87. The summed E-state index contributed by atoms with van der Waals surface area (Å²) in [6.45, 7) is 0.993. The number of hydrogen-bond donors (Lipinski definition) is 2. The van der Waals surface area contributed by atoms with Crippen LogP contribution in [0.5, 0.6) is 0 Å². The van der Waals surface area contributed by atoms with Gasteiger partial charge in [0.25, 0.3) is 0 Å². The fraction of sp³-hybridized carbons (Fsp3) is 0.238. The van der Waals surface area contributed by atoms with Gasteiger partial charge in [-0.15, -0.1) is 0 Å². The molecule has 0 aromatic heterocycles. The van der Waals surface area contributed by atoms with Crippen molar-refractivity contribution in [2.45, 2.75) is 22.6 Å². The summed E-state index contributed by atoms with van der Waals surface area (Å²) >= 11 is 4.56. The number of anilines is 1. The quantitative estimate of drug-likeness (QED) is 0.639. The van der Waals surface area contributed by atoms with Crippen LogP contribution in [0.4, 0.5) is 5.69 Å². The van der Waals surface area contributed by atoms with Gasteiger partial charge in [0.1, 0.15) is 0 Å². The fourth-order valence-corrected chi connectivity index (χ4v) is 5.84. The molecule has 1 aliphatic rings. The molecule has 0 bridgehead atoms.